The highest BCUT2D eigenvalue weighted by atomic mass is 19.1. The number of carbonyl (C=O) groups excluding carboxylic acids is 1. The van der Waals surface area contributed by atoms with E-state index in [9.17, 15) is 14.4 Å². The maximum Gasteiger partial charge on any atom is 0.205 e. The summed E-state index contributed by atoms with van der Waals surface area (Å²) in [5, 5.41) is 9.44. The topological polar surface area (TPSA) is 76.1 Å². The van der Waals surface area contributed by atoms with Gasteiger partial charge >= 0.3 is 0 Å². The number of ketones is 1. The number of hydrogen-bond donors (Lipinski definition) is 1. The van der Waals surface area contributed by atoms with Gasteiger partial charge in [0.25, 0.3) is 0 Å². The van der Waals surface area contributed by atoms with E-state index in [-0.39, 0.29) is 28.2 Å². The number of nitriles is 1. The Morgan fingerprint density at radius 2 is 2.04 bits per heavy atom. The molecule has 3 rings (SSSR count). The summed E-state index contributed by atoms with van der Waals surface area (Å²) in [4.78, 5) is 12.7. The molecule has 2 N–H and O–H groups in total. The fourth-order valence-electron chi connectivity index (χ4n) is 3.30. The van der Waals surface area contributed by atoms with Crippen LogP contribution in [0.3, 0.4) is 0 Å². The lowest BCUT2D eigenvalue weighted by Gasteiger charge is -2.37. The summed E-state index contributed by atoms with van der Waals surface area (Å²) in [6, 6.07) is 8.12. The number of rotatable bonds is 1. The molecular formula is C18H17FN2O2. The van der Waals surface area contributed by atoms with E-state index in [1.807, 2.05) is 19.9 Å². The Morgan fingerprint density at radius 1 is 1.35 bits per heavy atom. The first kappa shape index (κ1) is 15.3. The van der Waals surface area contributed by atoms with E-state index in [0.29, 0.717) is 24.2 Å². The van der Waals surface area contributed by atoms with Crippen LogP contribution in [0.15, 0.2) is 47.1 Å². The van der Waals surface area contributed by atoms with Crippen LogP contribution in [0.2, 0.25) is 0 Å². The van der Waals surface area contributed by atoms with Gasteiger partial charge in [0.05, 0.1) is 5.92 Å². The molecule has 0 bridgehead atoms. The third-order valence-electron chi connectivity index (χ3n) is 4.29. The Labute approximate surface area is 134 Å². The van der Waals surface area contributed by atoms with Crippen LogP contribution in [0.1, 0.15) is 38.2 Å². The Hall–Kier alpha value is -2.61. The van der Waals surface area contributed by atoms with E-state index in [1.54, 1.807) is 18.2 Å². The molecule has 4 nitrogen and oxygen atoms in total. The van der Waals surface area contributed by atoms with Gasteiger partial charge in [0.2, 0.25) is 5.88 Å². The molecule has 0 saturated carbocycles. The number of allylic oxidation sites excluding steroid dienone is 3. The largest absolute Gasteiger partial charge is 0.444 e. The van der Waals surface area contributed by atoms with Crippen LogP contribution in [0, 0.1) is 22.6 Å². The third-order valence-corrected chi connectivity index (χ3v) is 4.29. The van der Waals surface area contributed by atoms with E-state index in [0.717, 1.165) is 0 Å². The highest BCUT2D eigenvalue weighted by Gasteiger charge is 2.43. The predicted octanol–water partition coefficient (Wildman–Crippen LogP) is 3.28. The zero-order valence-electron chi connectivity index (χ0n) is 13.0. The number of Topliss-reactive ketones (excluding diaryl/α,β-unsaturated/α-hetero) is 1. The molecule has 0 amide bonds. The van der Waals surface area contributed by atoms with Crippen molar-refractivity contribution in [3.63, 3.8) is 0 Å². The van der Waals surface area contributed by atoms with Crippen molar-refractivity contribution in [2.75, 3.05) is 0 Å². The average Bonchev–Trinajstić information content (AvgIpc) is 2.45. The Kier molecular flexibility index (Phi) is 3.48. The van der Waals surface area contributed by atoms with Gasteiger partial charge in [-0.25, -0.2) is 4.39 Å². The number of benzene rings is 1. The fourth-order valence-corrected chi connectivity index (χ4v) is 3.30. The highest BCUT2D eigenvalue weighted by Crippen LogP contribution is 2.48. The second kappa shape index (κ2) is 5.24. The summed E-state index contributed by atoms with van der Waals surface area (Å²) < 4.78 is 19.9. The van der Waals surface area contributed by atoms with Crippen LogP contribution in [-0.4, -0.2) is 5.78 Å². The molecule has 1 aromatic rings. The number of ether oxygens (including phenoxy) is 1. The molecule has 118 valence electrons. The smallest absolute Gasteiger partial charge is 0.205 e. The third kappa shape index (κ3) is 2.50. The van der Waals surface area contributed by atoms with Crippen LogP contribution >= 0.6 is 0 Å². The van der Waals surface area contributed by atoms with Gasteiger partial charge in [-0.1, -0.05) is 32.0 Å². The maximum absolute atomic E-state index is 14.3. The van der Waals surface area contributed by atoms with Crippen LogP contribution in [-0.2, 0) is 9.53 Å². The SMILES string of the molecule is CC1(C)CC(=O)C2=C(C1)OC(N)=C(C#N)[C@H]2c1ccccc1F. The highest BCUT2D eigenvalue weighted by molar-refractivity contribution is 6.00. The summed E-state index contributed by atoms with van der Waals surface area (Å²) in [7, 11) is 0. The molecule has 2 aliphatic rings. The van der Waals surface area contributed by atoms with Crippen molar-refractivity contribution in [3.05, 3.63) is 58.4 Å². The van der Waals surface area contributed by atoms with Crippen LogP contribution in [0.4, 0.5) is 4.39 Å². The first-order valence-corrected chi connectivity index (χ1v) is 7.42. The van der Waals surface area contributed by atoms with Gasteiger partial charge in [0, 0.05) is 24.0 Å². The molecule has 0 spiro atoms. The second-order valence-electron chi connectivity index (χ2n) is 6.72. The summed E-state index contributed by atoms with van der Waals surface area (Å²) >= 11 is 0. The lowest BCUT2D eigenvalue weighted by Crippen LogP contribution is -2.33. The van der Waals surface area contributed by atoms with Crippen molar-refractivity contribution in [3.8, 4) is 6.07 Å². The molecule has 0 saturated heterocycles. The summed E-state index contributed by atoms with van der Waals surface area (Å²) in [5.74, 6) is -0.983. The molecule has 1 atom stereocenters. The van der Waals surface area contributed by atoms with Crippen molar-refractivity contribution in [2.45, 2.75) is 32.6 Å². The van der Waals surface area contributed by atoms with Crippen molar-refractivity contribution >= 4 is 5.78 Å². The van der Waals surface area contributed by atoms with Gasteiger partial charge in [-0.05, 0) is 11.5 Å². The van der Waals surface area contributed by atoms with Crippen molar-refractivity contribution < 1.29 is 13.9 Å². The van der Waals surface area contributed by atoms with Gasteiger partial charge in [-0.15, -0.1) is 0 Å². The van der Waals surface area contributed by atoms with Crippen molar-refractivity contribution in [1.29, 1.82) is 5.26 Å². The normalized spacial score (nSPS) is 23.2. The molecule has 1 aromatic carbocycles. The molecule has 1 aliphatic heterocycles. The number of nitrogens with two attached hydrogens (primary N) is 1. The Balaban J connectivity index is 2.22. The first-order chi connectivity index (χ1) is 10.8. The molecular weight excluding hydrogens is 295 g/mol. The van der Waals surface area contributed by atoms with Gasteiger partial charge in [-0.2, -0.15) is 5.26 Å². The van der Waals surface area contributed by atoms with Crippen LogP contribution < -0.4 is 5.73 Å². The molecule has 0 aromatic heterocycles. The fraction of sp³-hybridized carbons (Fsp3) is 0.333. The number of halogens is 1. The Morgan fingerprint density at radius 3 is 2.70 bits per heavy atom. The lowest BCUT2D eigenvalue weighted by atomic mass is 9.70. The molecule has 23 heavy (non-hydrogen) atoms. The van der Waals surface area contributed by atoms with Crippen molar-refractivity contribution in [2.24, 2.45) is 11.1 Å². The van der Waals surface area contributed by atoms with E-state index < -0.39 is 11.7 Å². The first-order valence-electron chi connectivity index (χ1n) is 7.42. The zero-order chi connectivity index (χ0) is 16.8. The number of carbonyl (C=O) groups is 1. The number of hydrogen-bond acceptors (Lipinski definition) is 4. The summed E-state index contributed by atoms with van der Waals surface area (Å²) in [5.41, 5.74) is 6.35. The lowest BCUT2D eigenvalue weighted by molar-refractivity contribution is -0.119. The second-order valence-corrected chi connectivity index (χ2v) is 6.72. The maximum atomic E-state index is 14.3. The van der Waals surface area contributed by atoms with Gasteiger partial charge < -0.3 is 10.5 Å². The quantitative estimate of drug-likeness (QED) is 0.863. The Bertz CT molecular complexity index is 799. The molecule has 1 heterocycles. The molecule has 0 fully saturated rings. The molecule has 0 unspecified atom stereocenters. The van der Waals surface area contributed by atoms with E-state index in [4.69, 9.17) is 10.5 Å². The molecule has 0 radical (unpaired) electrons. The average molecular weight is 312 g/mol. The van der Waals surface area contributed by atoms with Crippen molar-refractivity contribution in [1.82, 2.24) is 0 Å². The molecule has 1 aliphatic carbocycles. The zero-order valence-corrected chi connectivity index (χ0v) is 13.0. The monoisotopic (exact) mass is 312 g/mol. The van der Waals surface area contributed by atoms with Gasteiger partial charge in [0.1, 0.15) is 23.2 Å². The minimum Gasteiger partial charge on any atom is -0.444 e. The molecule has 5 heteroatoms. The summed E-state index contributed by atoms with van der Waals surface area (Å²) in [6.07, 6.45) is 0.858. The van der Waals surface area contributed by atoms with E-state index in [1.165, 1.54) is 6.07 Å². The predicted molar refractivity (Wildman–Crippen MR) is 82.1 cm³/mol. The van der Waals surface area contributed by atoms with E-state index >= 15 is 0 Å². The minimum atomic E-state index is -0.798. The van der Waals surface area contributed by atoms with Crippen LogP contribution in [0.5, 0.6) is 0 Å². The standard InChI is InChI=1S/C18H17FN2O2/c1-18(2)7-13(22)16-14(8-18)23-17(21)11(9-20)15(16)10-5-3-4-6-12(10)19/h3-6,15H,7-8,21H2,1-2H3/t15-/m1/s1. The van der Waals surface area contributed by atoms with E-state index in [2.05, 4.69) is 0 Å². The van der Waals surface area contributed by atoms with Crippen LogP contribution in [0.25, 0.3) is 0 Å². The van der Waals surface area contributed by atoms with Gasteiger partial charge in [-0.3, -0.25) is 4.79 Å². The minimum absolute atomic E-state index is 0.0509. The number of nitrogens with zero attached hydrogens (tertiary/aromatic N) is 1. The summed E-state index contributed by atoms with van der Waals surface area (Å²) in [6.45, 7) is 3.94. The van der Waals surface area contributed by atoms with Gasteiger partial charge in [0.15, 0.2) is 5.78 Å².